The van der Waals surface area contributed by atoms with Crippen LogP contribution in [0.25, 0.3) is 0 Å². The first-order valence-corrected chi connectivity index (χ1v) is 39.8. The Balaban J connectivity index is -0.000000872. The second-order valence-electron chi connectivity index (χ2n) is 25.5. The van der Waals surface area contributed by atoms with Crippen molar-refractivity contribution in [3.63, 3.8) is 0 Å². The lowest BCUT2D eigenvalue weighted by molar-refractivity contribution is 0.158. The first-order valence-electron chi connectivity index (χ1n) is 26.0. The Morgan fingerprint density at radius 2 is 0.873 bits per heavy atom. The van der Waals surface area contributed by atoms with E-state index in [9.17, 15) is 5.11 Å². The van der Waals surface area contributed by atoms with E-state index in [1.54, 1.807) is 6.08 Å². The smallest absolute Gasteiger partial charge is 0.192 e. The zero-order chi connectivity index (χ0) is 55.2. The first kappa shape index (κ1) is 75.1. The van der Waals surface area contributed by atoms with Crippen LogP contribution in [0.15, 0.2) is 71.4 Å². The standard InChI is InChI=1S/C21H42O2Si2.C15H28O2Si.C9H14O2.C6H15ClSi.C4H8O.CH2Cl2.CH4/c1-17-12-13-19(23-25(10,11)21(5,6)7)16-18(17)14-15-22-24(8,9)20(2,3)4;1-12-7-8-14(11-13(12)9-10-16)17-18(5,6)15(2,3)4;1-7-2-3-9(11)6-8(7)4-5-10;1-6(2,3)8(4,5)7;1-2-4-5-3-1;2-1-3;/h14,19H,1,12-13,15-16H2,2-11H3;9,14,16H,1,7-8,10-11H2,2-6H3;4,9-11H,1-3,5-6H2;1-5H3;1-4H2;1H2;1H4/b18-14-;13-9-;8-4-;;;;. The highest BCUT2D eigenvalue weighted by Gasteiger charge is 2.41. The third-order valence-corrected chi connectivity index (χ3v) is 34.3. The van der Waals surface area contributed by atoms with E-state index in [4.69, 9.17) is 62.5 Å². The van der Waals surface area contributed by atoms with Crippen molar-refractivity contribution in [2.45, 2.75) is 252 Å². The van der Waals surface area contributed by atoms with Crippen molar-refractivity contribution in [1.29, 1.82) is 0 Å². The minimum atomic E-state index is -1.71. The third kappa shape index (κ3) is 30.4. The molecule has 14 heteroatoms. The number of alkyl halides is 2. The molecule has 0 spiro atoms. The van der Waals surface area contributed by atoms with Gasteiger partial charge in [0, 0.05) is 25.4 Å². The van der Waals surface area contributed by atoms with Gasteiger partial charge in [0.1, 0.15) is 0 Å². The monoisotopic (exact) mass is 1130 g/mol. The highest BCUT2D eigenvalue weighted by molar-refractivity contribution is 7.20. The Labute approximate surface area is 458 Å². The van der Waals surface area contributed by atoms with E-state index in [-0.39, 0.29) is 47.2 Å². The Hall–Kier alpha value is -0.102. The van der Waals surface area contributed by atoms with Gasteiger partial charge in [-0.15, -0.1) is 23.2 Å². The highest BCUT2D eigenvalue weighted by Crippen LogP contribution is 2.43. The molecule has 0 aromatic rings. The maximum Gasteiger partial charge on any atom is 0.192 e. The summed E-state index contributed by atoms with van der Waals surface area (Å²) in [7, 11) is -6.47. The van der Waals surface area contributed by atoms with E-state index in [1.165, 1.54) is 35.1 Å². The highest BCUT2D eigenvalue weighted by atomic mass is 35.6. The largest absolute Gasteiger partial charge is 0.414 e. The molecule has 4 aliphatic rings. The Morgan fingerprint density at radius 1 is 0.563 bits per heavy atom. The van der Waals surface area contributed by atoms with Crippen molar-refractivity contribution in [2.75, 3.05) is 38.4 Å². The van der Waals surface area contributed by atoms with Gasteiger partial charge in [0.05, 0.1) is 31.3 Å². The van der Waals surface area contributed by atoms with Crippen LogP contribution < -0.4 is 0 Å². The number of hydrogen-bond acceptors (Lipinski definition) is 7. The zero-order valence-corrected chi connectivity index (χ0v) is 55.0. The van der Waals surface area contributed by atoms with Gasteiger partial charge in [0.25, 0.3) is 0 Å². The molecule has 0 amide bonds. The lowest BCUT2D eigenvalue weighted by Gasteiger charge is -2.41. The van der Waals surface area contributed by atoms with Gasteiger partial charge in [-0.1, -0.05) is 158 Å². The van der Waals surface area contributed by atoms with Crippen LogP contribution in [0.3, 0.4) is 0 Å². The predicted octanol–water partition coefficient (Wildman–Crippen LogP) is 18.2. The summed E-state index contributed by atoms with van der Waals surface area (Å²) >= 11 is 15.7. The molecule has 7 nitrogen and oxygen atoms in total. The molecule has 4 rings (SSSR count). The molecule has 1 saturated heterocycles. The van der Waals surface area contributed by atoms with Gasteiger partial charge in [-0.25, -0.2) is 0 Å². The number of allylic oxidation sites excluding steroid dienone is 3. The second-order valence-corrected chi connectivity index (χ2v) is 47.9. The third-order valence-electron chi connectivity index (χ3n) is 15.4. The number of aliphatic hydroxyl groups is 3. The van der Waals surface area contributed by atoms with E-state index < -0.39 is 32.3 Å². The fourth-order valence-corrected chi connectivity index (χ4v) is 10.1. The average molecular weight is 1130 g/mol. The minimum Gasteiger partial charge on any atom is -0.414 e. The molecule has 1 aliphatic heterocycles. The summed E-state index contributed by atoms with van der Waals surface area (Å²) in [6, 6.07) is 0. The molecule has 4 fully saturated rings. The summed E-state index contributed by atoms with van der Waals surface area (Å²) in [6.45, 7) is 60.5. The maximum absolute atomic E-state index is 9.26. The van der Waals surface area contributed by atoms with Gasteiger partial charge in [0.2, 0.25) is 0 Å². The fourth-order valence-electron chi connectivity index (χ4n) is 6.35. The summed E-state index contributed by atoms with van der Waals surface area (Å²) in [5.74, 6) is 0. The molecule has 420 valence electrons. The molecule has 0 radical (unpaired) electrons. The van der Waals surface area contributed by atoms with Crippen LogP contribution in [0.2, 0.25) is 72.5 Å². The number of aliphatic hydroxyl groups excluding tert-OH is 3. The lowest BCUT2D eigenvalue weighted by atomic mass is 9.88. The summed E-state index contributed by atoms with van der Waals surface area (Å²) < 4.78 is 24.4. The predicted molar refractivity (Wildman–Crippen MR) is 327 cm³/mol. The van der Waals surface area contributed by atoms with Crippen molar-refractivity contribution in [1.82, 2.24) is 0 Å². The molecule has 71 heavy (non-hydrogen) atoms. The van der Waals surface area contributed by atoms with Gasteiger partial charge in [-0.05, 0) is 147 Å². The normalized spacial score (nSPS) is 22.3. The molecule has 3 aliphatic carbocycles. The van der Waals surface area contributed by atoms with Gasteiger partial charge in [-0.2, -0.15) is 11.1 Å². The maximum atomic E-state index is 9.26. The van der Waals surface area contributed by atoms with Crippen molar-refractivity contribution < 1.29 is 33.3 Å². The SMILES string of the molecule is C.C1CCOC1.C=C1CCC(O)C/C1=C/CO.C=C1CCC(O[Si](C)(C)C(C)(C)C)C/C1=C/CO.C=C1CCC(O[Si](C)(C)C(C)(C)C)C/C1=C/CO[Si](C)(C)C(C)(C)C.CC(C)(C)[Si](C)(C)Cl.ClCCl. The molecule has 3 N–H and O–H groups in total. The Bertz CT molecular complexity index is 1620. The lowest BCUT2D eigenvalue weighted by Crippen LogP contribution is -2.44. The van der Waals surface area contributed by atoms with E-state index in [2.05, 4.69) is 161 Å². The van der Waals surface area contributed by atoms with Crippen LogP contribution in [0, 0.1) is 0 Å². The Kier molecular flexibility index (Phi) is 35.9. The molecule has 0 aromatic heterocycles. The van der Waals surface area contributed by atoms with Gasteiger partial charge >= 0.3 is 0 Å². The molecule has 3 unspecified atom stereocenters. The fraction of sp³-hybridized carbons (Fsp3) is 0.789. The van der Waals surface area contributed by atoms with Crippen LogP contribution in [-0.4, -0.2) is 104 Å². The quantitative estimate of drug-likeness (QED) is 0.120. The second kappa shape index (κ2) is 33.9. The van der Waals surface area contributed by atoms with Crippen molar-refractivity contribution >= 4 is 66.6 Å². The summed E-state index contributed by atoms with van der Waals surface area (Å²) in [4.78, 5) is 0. The number of ether oxygens (including phenoxy) is 1. The molecule has 0 bridgehead atoms. The van der Waals surface area contributed by atoms with Crippen LogP contribution in [0.1, 0.15) is 161 Å². The minimum absolute atomic E-state index is 0. The molecule has 3 saturated carbocycles. The molecule has 3 atom stereocenters. The number of hydrogen-bond donors (Lipinski definition) is 3. The molecular formula is C57H113Cl3O7Si4. The number of rotatable bonds is 9. The van der Waals surface area contributed by atoms with E-state index >= 15 is 0 Å². The van der Waals surface area contributed by atoms with E-state index in [0.29, 0.717) is 30.3 Å². The average Bonchev–Trinajstić information content (AvgIpc) is 3.79. The first-order chi connectivity index (χ1) is 31.6. The molecule has 1 heterocycles. The van der Waals surface area contributed by atoms with Crippen LogP contribution in [0.5, 0.6) is 0 Å². The van der Waals surface area contributed by atoms with Gasteiger partial charge < -0.3 is 33.3 Å². The van der Waals surface area contributed by atoms with Gasteiger partial charge in [0.15, 0.2) is 32.3 Å². The number of halogens is 3. The zero-order valence-electron chi connectivity index (χ0n) is 48.7. The van der Waals surface area contributed by atoms with Crippen LogP contribution >= 0.6 is 34.3 Å². The van der Waals surface area contributed by atoms with Crippen LogP contribution in [-0.2, 0) is 18.0 Å². The van der Waals surface area contributed by atoms with Crippen molar-refractivity contribution in [3.05, 3.63) is 71.4 Å². The Morgan fingerprint density at radius 3 is 1.15 bits per heavy atom. The van der Waals surface area contributed by atoms with E-state index in [1.807, 2.05) is 6.08 Å². The molecular weight excluding hydrogens is 1020 g/mol. The topological polar surface area (TPSA) is 97.6 Å². The van der Waals surface area contributed by atoms with Crippen molar-refractivity contribution in [2.24, 2.45) is 0 Å². The van der Waals surface area contributed by atoms with Gasteiger partial charge in [-0.3, -0.25) is 0 Å². The summed E-state index contributed by atoms with van der Waals surface area (Å²) in [6.07, 6.45) is 17.2. The molecule has 0 aromatic carbocycles. The van der Waals surface area contributed by atoms with E-state index in [0.717, 1.165) is 75.7 Å². The summed E-state index contributed by atoms with van der Waals surface area (Å²) in [5.41, 5.74) is 7.06. The summed E-state index contributed by atoms with van der Waals surface area (Å²) in [5, 5.41) is 28.2. The van der Waals surface area contributed by atoms with Crippen molar-refractivity contribution in [3.8, 4) is 0 Å². The van der Waals surface area contributed by atoms with Crippen LogP contribution in [0.4, 0.5) is 0 Å².